The van der Waals surface area contributed by atoms with Gasteiger partial charge in [-0.2, -0.15) is 0 Å². The fourth-order valence-electron chi connectivity index (χ4n) is 1.76. The molecule has 1 atom stereocenters. The molecule has 2 heterocycles. The second-order valence-electron chi connectivity index (χ2n) is 4.28. The van der Waals surface area contributed by atoms with Crippen LogP contribution >= 0.6 is 11.6 Å². The molecule has 0 radical (unpaired) electrons. The lowest BCUT2D eigenvalue weighted by Crippen LogP contribution is -2.26. The first-order valence-corrected chi connectivity index (χ1v) is 6.53. The smallest absolute Gasteiger partial charge is 0.253 e. The average Bonchev–Trinajstić information content (AvgIpc) is 2.48. The third-order valence-electron chi connectivity index (χ3n) is 2.89. The standard InChI is InChI=1S/C14H15ClN4O/c1-9(10-3-5-17-6-4-10)19-14(20)11-7-12(15)13(16-2)18-8-11/h3-9H,1-2H3,(H,16,18)(H,19,20). The summed E-state index contributed by atoms with van der Waals surface area (Å²) in [6, 6.07) is 5.20. The molecule has 5 nitrogen and oxygen atoms in total. The molecule has 0 aliphatic rings. The Bertz CT molecular complexity index is 603. The van der Waals surface area contributed by atoms with E-state index in [1.165, 1.54) is 6.20 Å². The first-order valence-electron chi connectivity index (χ1n) is 6.16. The van der Waals surface area contributed by atoms with Gasteiger partial charge in [-0.25, -0.2) is 4.98 Å². The summed E-state index contributed by atoms with van der Waals surface area (Å²) in [4.78, 5) is 20.2. The summed E-state index contributed by atoms with van der Waals surface area (Å²) in [5.41, 5.74) is 1.41. The summed E-state index contributed by atoms with van der Waals surface area (Å²) >= 11 is 6.01. The van der Waals surface area contributed by atoms with E-state index in [2.05, 4.69) is 20.6 Å². The molecule has 2 rings (SSSR count). The van der Waals surface area contributed by atoms with Crippen molar-refractivity contribution in [1.82, 2.24) is 15.3 Å². The fourth-order valence-corrected chi connectivity index (χ4v) is 2.02. The maximum atomic E-state index is 12.1. The highest BCUT2D eigenvalue weighted by molar-refractivity contribution is 6.33. The van der Waals surface area contributed by atoms with E-state index in [9.17, 15) is 4.79 Å². The predicted molar refractivity (Wildman–Crippen MR) is 78.9 cm³/mol. The molecule has 6 heteroatoms. The maximum Gasteiger partial charge on any atom is 0.253 e. The van der Waals surface area contributed by atoms with Gasteiger partial charge in [-0.05, 0) is 30.7 Å². The number of nitrogens with zero attached hydrogens (tertiary/aromatic N) is 2. The Hall–Kier alpha value is -2.14. The summed E-state index contributed by atoms with van der Waals surface area (Å²) in [5.74, 6) is 0.330. The highest BCUT2D eigenvalue weighted by Gasteiger charge is 2.13. The topological polar surface area (TPSA) is 66.9 Å². The molecular weight excluding hydrogens is 276 g/mol. The van der Waals surface area contributed by atoms with Crippen molar-refractivity contribution in [2.24, 2.45) is 0 Å². The first kappa shape index (κ1) is 14.3. The SMILES string of the molecule is CNc1ncc(C(=O)NC(C)c2ccncc2)cc1Cl. The Labute approximate surface area is 122 Å². The number of carbonyl (C=O) groups excluding carboxylic acids is 1. The molecule has 20 heavy (non-hydrogen) atoms. The van der Waals surface area contributed by atoms with Crippen LogP contribution < -0.4 is 10.6 Å². The molecule has 2 aromatic rings. The van der Waals surface area contributed by atoms with Gasteiger partial charge in [-0.15, -0.1) is 0 Å². The molecule has 2 aromatic heterocycles. The van der Waals surface area contributed by atoms with E-state index < -0.39 is 0 Å². The molecule has 0 aliphatic heterocycles. The zero-order valence-corrected chi connectivity index (χ0v) is 12.0. The van der Waals surface area contributed by atoms with E-state index in [0.29, 0.717) is 16.4 Å². The monoisotopic (exact) mass is 290 g/mol. The summed E-state index contributed by atoms with van der Waals surface area (Å²) in [5, 5.41) is 6.15. The van der Waals surface area contributed by atoms with Crippen LogP contribution in [-0.4, -0.2) is 22.9 Å². The molecule has 1 unspecified atom stereocenters. The Morgan fingerprint density at radius 3 is 2.65 bits per heavy atom. The van der Waals surface area contributed by atoms with Crippen molar-refractivity contribution in [3.05, 3.63) is 52.9 Å². The fraction of sp³-hybridized carbons (Fsp3) is 0.214. The second-order valence-corrected chi connectivity index (χ2v) is 4.69. The summed E-state index contributed by atoms with van der Waals surface area (Å²) in [7, 11) is 1.72. The molecular formula is C14H15ClN4O. The van der Waals surface area contributed by atoms with Gasteiger partial charge >= 0.3 is 0 Å². The summed E-state index contributed by atoms with van der Waals surface area (Å²) in [6.45, 7) is 1.91. The van der Waals surface area contributed by atoms with Gasteiger partial charge in [-0.1, -0.05) is 11.6 Å². The van der Waals surface area contributed by atoms with Gasteiger partial charge in [0.05, 0.1) is 16.6 Å². The van der Waals surface area contributed by atoms with Crippen LogP contribution in [0.4, 0.5) is 5.82 Å². The largest absolute Gasteiger partial charge is 0.372 e. The van der Waals surface area contributed by atoms with Gasteiger partial charge in [0.15, 0.2) is 0 Å². The number of amides is 1. The number of pyridine rings is 2. The molecule has 2 N–H and O–H groups in total. The number of anilines is 1. The van der Waals surface area contributed by atoms with E-state index >= 15 is 0 Å². The van der Waals surface area contributed by atoms with Gasteiger partial charge in [0, 0.05) is 25.6 Å². The van der Waals surface area contributed by atoms with Gasteiger partial charge in [0.2, 0.25) is 0 Å². The van der Waals surface area contributed by atoms with Crippen molar-refractivity contribution < 1.29 is 4.79 Å². The lowest BCUT2D eigenvalue weighted by Gasteiger charge is -2.14. The van der Waals surface area contributed by atoms with E-state index in [1.54, 1.807) is 25.5 Å². The van der Waals surface area contributed by atoms with Crippen LogP contribution in [-0.2, 0) is 0 Å². The molecule has 0 fully saturated rings. The van der Waals surface area contributed by atoms with Crippen molar-refractivity contribution in [2.45, 2.75) is 13.0 Å². The number of hydrogen-bond donors (Lipinski definition) is 2. The molecule has 0 spiro atoms. The highest BCUT2D eigenvalue weighted by atomic mass is 35.5. The minimum atomic E-state index is -0.216. The van der Waals surface area contributed by atoms with Crippen LogP contribution in [0.3, 0.4) is 0 Å². The molecule has 0 aromatic carbocycles. The third-order valence-corrected chi connectivity index (χ3v) is 3.18. The van der Waals surface area contributed by atoms with Crippen molar-refractivity contribution in [3.8, 4) is 0 Å². The normalized spacial score (nSPS) is 11.8. The summed E-state index contributed by atoms with van der Waals surface area (Å²) in [6.07, 6.45) is 4.88. The molecule has 1 amide bonds. The average molecular weight is 291 g/mol. The lowest BCUT2D eigenvalue weighted by molar-refractivity contribution is 0.0939. The van der Waals surface area contributed by atoms with Gasteiger partial charge in [0.25, 0.3) is 5.91 Å². The van der Waals surface area contributed by atoms with Crippen LogP contribution in [0.1, 0.15) is 28.9 Å². The molecule has 0 aliphatic carbocycles. The van der Waals surface area contributed by atoms with Crippen LogP contribution in [0.2, 0.25) is 5.02 Å². The highest BCUT2D eigenvalue weighted by Crippen LogP contribution is 2.20. The van der Waals surface area contributed by atoms with E-state index in [-0.39, 0.29) is 11.9 Å². The maximum absolute atomic E-state index is 12.1. The van der Waals surface area contributed by atoms with Crippen molar-refractivity contribution >= 4 is 23.3 Å². The minimum absolute atomic E-state index is 0.117. The first-order chi connectivity index (χ1) is 9.61. The number of carbonyl (C=O) groups is 1. The van der Waals surface area contributed by atoms with Crippen LogP contribution in [0.15, 0.2) is 36.8 Å². The number of nitrogens with one attached hydrogen (secondary N) is 2. The van der Waals surface area contributed by atoms with Crippen LogP contribution in [0.5, 0.6) is 0 Å². The minimum Gasteiger partial charge on any atom is -0.372 e. The van der Waals surface area contributed by atoms with Gasteiger partial charge in [-0.3, -0.25) is 9.78 Å². The molecule has 0 bridgehead atoms. The Balaban J connectivity index is 2.10. The van der Waals surface area contributed by atoms with E-state index in [4.69, 9.17) is 11.6 Å². The Morgan fingerprint density at radius 1 is 1.35 bits per heavy atom. The quantitative estimate of drug-likeness (QED) is 0.908. The van der Waals surface area contributed by atoms with E-state index in [1.807, 2.05) is 19.1 Å². The lowest BCUT2D eigenvalue weighted by atomic mass is 10.1. The molecule has 0 saturated heterocycles. The van der Waals surface area contributed by atoms with Gasteiger partial charge < -0.3 is 10.6 Å². The van der Waals surface area contributed by atoms with Crippen molar-refractivity contribution in [1.29, 1.82) is 0 Å². The molecule has 104 valence electrons. The van der Waals surface area contributed by atoms with Crippen molar-refractivity contribution in [2.75, 3.05) is 12.4 Å². The number of rotatable bonds is 4. The Morgan fingerprint density at radius 2 is 2.05 bits per heavy atom. The second kappa shape index (κ2) is 6.34. The number of hydrogen-bond acceptors (Lipinski definition) is 4. The molecule has 0 saturated carbocycles. The van der Waals surface area contributed by atoms with Crippen LogP contribution in [0.25, 0.3) is 0 Å². The zero-order valence-electron chi connectivity index (χ0n) is 11.2. The van der Waals surface area contributed by atoms with Crippen molar-refractivity contribution in [3.63, 3.8) is 0 Å². The number of aromatic nitrogens is 2. The van der Waals surface area contributed by atoms with E-state index in [0.717, 1.165) is 5.56 Å². The van der Waals surface area contributed by atoms with Crippen LogP contribution in [0, 0.1) is 0 Å². The third kappa shape index (κ3) is 3.24. The Kier molecular flexibility index (Phi) is 4.53. The number of halogens is 1. The summed E-state index contributed by atoms with van der Waals surface area (Å²) < 4.78 is 0. The zero-order chi connectivity index (χ0) is 14.5. The predicted octanol–water partition coefficient (Wildman–Crippen LogP) is 2.66. The van der Waals surface area contributed by atoms with Gasteiger partial charge in [0.1, 0.15) is 5.82 Å².